The summed E-state index contributed by atoms with van der Waals surface area (Å²) in [6.07, 6.45) is -0.558. The molecule has 25 heavy (non-hydrogen) atoms. The number of fused-ring (bicyclic) bond motifs is 1. The molecule has 0 aliphatic carbocycles. The van der Waals surface area contributed by atoms with Gasteiger partial charge in [0.2, 0.25) is 16.8 Å². The van der Waals surface area contributed by atoms with E-state index in [2.05, 4.69) is 4.72 Å². The molecule has 0 radical (unpaired) electrons. The Hall–Kier alpha value is -1.80. The molecule has 1 atom stereocenters. The fraction of sp³-hybridized carbons (Fsp3) is 0.294. The SMILES string of the molecule is O=S(=O)(Cc1cccc(Cl)c1)NCCC(O)c1ccc2c(c1)OCO2. The Morgan fingerprint density at radius 2 is 1.96 bits per heavy atom. The average molecular weight is 384 g/mol. The van der Waals surface area contributed by atoms with E-state index in [1.807, 2.05) is 0 Å². The number of hydrogen-bond acceptors (Lipinski definition) is 5. The normalized spacial score (nSPS) is 14.5. The molecule has 2 aromatic rings. The lowest BCUT2D eigenvalue weighted by atomic mass is 10.1. The summed E-state index contributed by atoms with van der Waals surface area (Å²) in [6, 6.07) is 11.9. The Bertz CT molecular complexity index is 856. The Morgan fingerprint density at radius 3 is 2.76 bits per heavy atom. The molecule has 1 aliphatic heterocycles. The Labute approximate surface area is 151 Å². The highest BCUT2D eigenvalue weighted by molar-refractivity contribution is 7.88. The molecule has 134 valence electrons. The first-order chi connectivity index (χ1) is 11.9. The highest BCUT2D eigenvalue weighted by Gasteiger charge is 2.17. The van der Waals surface area contributed by atoms with Crippen LogP contribution >= 0.6 is 11.6 Å². The van der Waals surface area contributed by atoms with Crippen LogP contribution in [0.3, 0.4) is 0 Å². The van der Waals surface area contributed by atoms with Gasteiger partial charge in [0, 0.05) is 11.6 Å². The van der Waals surface area contributed by atoms with Crippen LogP contribution in [0.25, 0.3) is 0 Å². The minimum atomic E-state index is -3.50. The van der Waals surface area contributed by atoms with Crippen LogP contribution in [0.2, 0.25) is 5.02 Å². The van der Waals surface area contributed by atoms with E-state index in [9.17, 15) is 13.5 Å². The van der Waals surface area contributed by atoms with E-state index in [4.69, 9.17) is 21.1 Å². The van der Waals surface area contributed by atoms with Crippen molar-refractivity contribution in [3.63, 3.8) is 0 Å². The average Bonchev–Trinajstić information content (AvgIpc) is 3.01. The van der Waals surface area contributed by atoms with Crippen molar-refractivity contribution < 1.29 is 23.0 Å². The fourth-order valence-corrected chi connectivity index (χ4v) is 3.90. The maximum Gasteiger partial charge on any atom is 0.231 e. The summed E-state index contributed by atoms with van der Waals surface area (Å²) in [4.78, 5) is 0. The fourth-order valence-electron chi connectivity index (χ4n) is 2.54. The van der Waals surface area contributed by atoms with Crippen LogP contribution in [0.4, 0.5) is 0 Å². The van der Waals surface area contributed by atoms with E-state index in [0.717, 1.165) is 0 Å². The Kier molecular flexibility index (Phi) is 5.48. The topological polar surface area (TPSA) is 84.9 Å². The zero-order chi connectivity index (χ0) is 17.9. The predicted octanol–water partition coefficient (Wildman–Crippen LogP) is 2.61. The van der Waals surface area contributed by atoms with Gasteiger partial charge in [0.1, 0.15) is 0 Å². The Morgan fingerprint density at radius 1 is 1.16 bits per heavy atom. The molecule has 0 amide bonds. The maximum absolute atomic E-state index is 12.1. The van der Waals surface area contributed by atoms with Crippen molar-refractivity contribution in [3.05, 3.63) is 58.6 Å². The van der Waals surface area contributed by atoms with E-state index in [1.54, 1.807) is 42.5 Å². The van der Waals surface area contributed by atoms with Gasteiger partial charge in [-0.3, -0.25) is 0 Å². The van der Waals surface area contributed by atoms with Crippen LogP contribution < -0.4 is 14.2 Å². The van der Waals surface area contributed by atoms with Gasteiger partial charge in [-0.1, -0.05) is 29.8 Å². The minimum absolute atomic E-state index is 0.124. The first-order valence-electron chi connectivity index (χ1n) is 7.72. The van der Waals surface area contributed by atoms with Gasteiger partial charge in [0.05, 0.1) is 11.9 Å². The molecular weight excluding hydrogens is 366 g/mol. The van der Waals surface area contributed by atoms with Gasteiger partial charge in [-0.2, -0.15) is 0 Å². The van der Waals surface area contributed by atoms with E-state index >= 15 is 0 Å². The first-order valence-corrected chi connectivity index (χ1v) is 9.75. The zero-order valence-electron chi connectivity index (χ0n) is 13.3. The third-order valence-corrected chi connectivity index (χ3v) is 5.36. The quantitative estimate of drug-likeness (QED) is 0.767. The van der Waals surface area contributed by atoms with Crippen molar-refractivity contribution in [1.82, 2.24) is 4.72 Å². The number of aliphatic hydroxyl groups excluding tert-OH is 1. The molecule has 2 N–H and O–H groups in total. The van der Waals surface area contributed by atoms with Crippen LogP contribution in [-0.2, 0) is 15.8 Å². The number of halogens is 1. The molecule has 1 unspecified atom stereocenters. The summed E-state index contributed by atoms with van der Waals surface area (Å²) in [7, 11) is -3.50. The van der Waals surface area contributed by atoms with E-state index in [1.165, 1.54) is 0 Å². The van der Waals surface area contributed by atoms with Gasteiger partial charge in [-0.15, -0.1) is 0 Å². The number of sulfonamides is 1. The lowest BCUT2D eigenvalue weighted by molar-refractivity contribution is 0.166. The van der Waals surface area contributed by atoms with Crippen LogP contribution in [0.1, 0.15) is 23.7 Å². The second-order valence-corrected chi connectivity index (χ2v) is 7.94. The van der Waals surface area contributed by atoms with Gasteiger partial charge < -0.3 is 14.6 Å². The van der Waals surface area contributed by atoms with Crippen molar-refractivity contribution in [1.29, 1.82) is 0 Å². The monoisotopic (exact) mass is 383 g/mol. The summed E-state index contributed by atoms with van der Waals surface area (Å²) in [5.74, 6) is 1.06. The molecule has 0 bridgehead atoms. The van der Waals surface area contributed by atoms with Crippen LogP contribution in [0, 0.1) is 0 Å². The van der Waals surface area contributed by atoms with Crippen LogP contribution in [-0.4, -0.2) is 26.9 Å². The molecule has 8 heteroatoms. The highest BCUT2D eigenvalue weighted by Crippen LogP contribution is 2.34. The number of ether oxygens (including phenoxy) is 2. The molecule has 0 fully saturated rings. The minimum Gasteiger partial charge on any atom is -0.454 e. The molecule has 0 spiro atoms. The zero-order valence-corrected chi connectivity index (χ0v) is 14.9. The largest absolute Gasteiger partial charge is 0.454 e. The molecule has 1 heterocycles. The summed E-state index contributed by atoms with van der Waals surface area (Å²) >= 11 is 5.86. The summed E-state index contributed by atoms with van der Waals surface area (Å²) < 4.78 is 37.2. The second-order valence-electron chi connectivity index (χ2n) is 5.70. The molecule has 2 aromatic carbocycles. The molecule has 0 saturated carbocycles. The molecule has 1 aliphatic rings. The van der Waals surface area contributed by atoms with Gasteiger partial charge >= 0.3 is 0 Å². The van der Waals surface area contributed by atoms with Gasteiger partial charge in [0.25, 0.3) is 0 Å². The summed E-state index contributed by atoms with van der Waals surface area (Å²) in [6.45, 7) is 0.288. The van der Waals surface area contributed by atoms with Crippen molar-refractivity contribution in [2.45, 2.75) is 18.3 Å². The third-order valence-electron chi connectivity index (χ3n) is 3.77. The number of rotatable bonds is 7. The van der Waals surface area contributed by atoms with Crippen LogP contribution in [0.15, 0.2) is 42.5 Å². The number of hydrogen-bond donors (Lipinski definition) is 2. The predicted molar refractivity (Wildman–Crippen MR) is 94.2 cm³/mol. The van der Waals surface area contributed by atoms with Gasteiger partial charge in [0.15, 0.2) is 11.5 Å². The lowest BCUT2D eigenvalue weighted by Gasteiger charge is -2.12. The smallest absolute Gasteiger partial charge is 0.231 e. The number of nitrogens with one attached hydrogen (secondary N) is 1. The Balaban J connectivity index is 1.53. The van der Waals surface area contributed by atoms with Crippen molar-refractivity contribution in [2.24, 2.45) is 0 Å². The van der Waals surface area contributed by atoms with Gasteiger partial charge in [-0.05, 0) is 41.8 Å². The van der Waals surface area contributed by atoms with Crippen molar-refractivity contribution in [2.75, 3.05) is 13.3 Å². The van der Waals surface area contributed by atoms with E-state index < -0.39 is 16.1 Å². The molecular formula is C17H18ClNO5S. The van der Waals surface area contributed by atoms with Crippen LogP contribution in [0.5, 0.6) is 11.5 Å². The summed E-state index contributed by atoms with van der Waals surface area (Å²) in [5.41, 5.74) is 1.26. The van der Waals surface area contributed by atoms with Crippen molar-refractivity contribution >= 4 is 21.6 Å². The first kappa shape index (κ1) is 18.0. The summed E-state index contributed by atoms with van der Waals surface area (Å²) in [5, 5.41) is 10.7. The lowest BCUT2D eigenvalue weighted by Crippen LogP contribution is -2.27. The third kappa shape index (κ3) is 4.85. The second kappa shape index (κ2) is 7.61. The molecule has 0 saturated heterocycles. The van der Waals surface area contributed by atoms with E-state index in [0.29, 0.717) is 27.6 Å². The molecule has 3 rings (SSSR count). The molecule has 6 nitrogen and oxygen atoms in total. The van der Waals surface area contributed by atoms with Gasteiger partial charge in [-0.25, -0.2) is 13.1 Å². The van der Waals surface area contributed by atoms with E-state index in [-0.39, 0.29) is 25.5 Å². The number of aliphatic hydroxyl groups is 1. The highest BCUT2D eigenvalue weighted by atomic mass is 35.5. The number of benzene rings is 2. The maximum atomic E-state index is 12.1. The standard InChI is InChI=1S/C17H18ClNO5S/c18-14-3-1-2-12(8-14)10-25(21,22)19-7-6-15(20)13-4-5-16-17(9-13)24-11-23-16/h1-5,8-9,15,19-20H,6-7,10-11H2. The molecule has 0 aromatic heterocycles. The van der Waals surface area contributed by atoms with Crippen molar-refractivity contribution in [3.8, 4) is 11.5 Å².